The topological polar surface area (TPSA) is 61.8 Å². The maximum atomic E-state index is 13.9. The summed E-state index contributed by atoms with van der Waals surface area (Å²) in [5.41, 5.74) is 2.64. The van der Waals surface area contributed by atoms with Gasteiger partial charge in [-0.25, -0.2) is 9.37 Å². The molecule has 3 rings (SSSR count). The Bertz CT molecular complexity index is 863. The number of benzene rings is 1. The van der Waals surface area contributed by atoms with Crippen LogP contribution in [0.4, 0.5) is 10.2 Å². The number of nitrogens with zero attached hydrogens (tertiary/aromatic N) is 3. The number of anilines is 1. The minimum absolute atomic E-state index is 0. The number of ether oxygens (including phenoxy) is 1. The zero-order valence-electron chi connectivity index (χ0n) is 18.0. The van der Waals surface area contributed by atoms with Gasteiger partial charge in [0.1, 0.15) is 11.6 Å². The van der Waals surface area contributed by atoms with Crippen LogP contribution in [0.15, 0.2) is 41.5 Å². The van der Waals surface area contributed by atoms with Crippen LogP contribution in [-0.4, -0.2) is 43.8 Å². The van der Waals surface area contributed by atoms with Crippen molar-refractivity contribution in [2.45, 2.75) is 39.5 Å². The third-order valence-corrected chi connectivity index (χ3v) is 5.11. The average Bonchev–Trinajstić information content (AvgIpc) is 2.73. The van der Waals surface area contributed by atoms with E-state index in [1.165, 1.54) is 0 Å². The molecular formula is C22H31FIN5O. The van der Waals surface area contributed by atoms with E-state index in [1.807, 2.05) is 25.3 Å². The normalized spacial score (nSPS) is 17.8. The number of nitrogens with one attached hydrogen (secondary N) is 2. The van der Waals surface area contributed by atoms with Crippen LogP contribution in [0.5, 0.6) is 0 Å². The van der Waals surface area contributed by atoms with Crippen LogP contribution >= 0.6 is 24.0 Å². The van der Waals surface area contributed by atoms with Crippen molar-refractivity contribution in [2.24, 2.45) is 4.99 Å². The largest absolute Gasteiger partial charge is 0.375 e. The van der Waals surface area contributed by atoms with E-state index in [-0.39, 0.29) is 41.9 Å². The van der Waals surface area contributed by atoms with E-state index >= 15 is 0 Å². The summed E-state index contributed by atoms with van der Waals surface area (Å²) in [4.78, 5) is 11.0. The zero-order valence-corrected chi connectivity index (χ0v) is 20.3. The SMILES string of the molecule is CN=C(NCc1ccnc(N2CCOC(C)C2)c1)NC(C)c1ccc(C)c(F)c1.I. The van der Waals surface area contributed by atoms with Crippen molar-refractivity contribution in [1.82, 2.24) is 15.6 Å². The first-order valence-electron chi connectivity index (χ1n) is 10.0. The molecule has 0 radical (unpaired) electrons. The highest BCUT2D eigenvalue weighted by molar-refractivity contribution is 14.0. The number of morpholine rings is 1. The van der Waals surface area contributed by atoms with Gasteiger partial charge in [-0.2, -0.15) is 0 Å². The Morgan fingerprint density at radius 3 is 2.87 bits per heavy atom. The van der Waals surface area contributed by atoms with Gasteiger partial charge in [-0.3, -0.25) is 4.99 Å². The minimum Gasteiger partial charge on any atom is -0.375 e. The van der Waals surface area contributed by atoms with E-state index in [2.05, 4.69) is 38.5 Å². The van der Waals surface area contributed by atoms with E-state index in [9.17, 15) is 4.39 Å². The fourth-order valence-corrected chi connectivity index (χ4v) is 3.32. The Balaban J connectivity index is 0.00000320. The standard InChI is InChI=1S/C22H30FN5O.HI/c1-15-5-6-19(12-20(15)23)17(3)27-22(24-4)26-13-18-7-8-25-21(11-18)28-9-10-29-16(2)14-28;/h5-8,11-12,16-17H,9-10,13-14H2,1-4H3,(H2,24,26,27);1H. The number of hydrogen-bond acceptors (Lipinski definition) is 4. The van der Waals surface area contributed by atoms with Crippen LogP contribution in [0.3, 0.4) is 0 Å². The summed E-state index contributed by atoms with van der Waals surface area (Å²) in [5, 5.41) is 6.64. The Kier molecular flexibility index (Phi) is 9.29. The number of halogens is 2. The fraction of sp³-hybridized carbons (Fsp3) is 0.455. The molecule has 1 saturated heterocycles. The molecule has 2 aromatic rings. The Morgan fingerprint density at radius 1 is 1.37 bits per heavy atom. The molecule has 2 N–H and O–H groups in total. The van der Waals surface area contributed by atoms with Crippen molar-refractivity contribution < 1.29 is 9.13 Å². The molecule has 1 aromatic carbocycles. The highest BCUT2D eigenvalue weighted by atomic mass is 127. The lowest BCUT2D eigenvalue weighted by Gasteiger charge is -2.32. The summed E-state index contributed by atoms with van der Waals surface area (Å²) >= 11 is 0. The lowest BCUT2D eigenvalue weighted by atomic mass is 10.1. The molecule has 2 heterocycles. The van der Waals surface area contributed by atoms with Gasteiger partial charge < -0.3 is 20.3 Å². The molecule has 30 heavy (non-hydrogen) atoms. The Labute approximate surface area is 195 Å². The molecule has 0 saturated carbocycles. The van der Waals surface area contributed by atoms with Crippen LogP contribution in [0.25, 0.3) is 0 Å². The second kappa shape index (κ2) is 11.5. The fourth-order valence-electron chi connectivity index (χ4n) is 3.32. The highest BCUT2D eigenvalue weighted by Crippen LogP contribution is 2.17. The summed E-state index contributed by atoms with van der Waals surface area (Å²) < 4.78 is 19.5. The number of guanidine groups is 1. The average molecular weight is 527 g/mol. The molecule has 6 nitrogen and oxygen atoms in total. The van der Waals surface area contributed by atoms with E-state index in [4.69, 9.17) is 4.74 Å². The van der Waals surface area contributed by atoms with Gasteiger partial charge in [-0.15, -0.1) is 24.0 Å². The smallest absolute Gasteiger partial charge is 0.191 e. The molecule has 2 atom stereocenters. The molecular weight excluding hydrogens is 496 g/mol. The quantitative estimate of drug-likeness (QED) is 0.352. The number of aryl methyl sites for hydroxylation is 1. The van der Waals surface area contributed by atoms with Gasteiger partial charge in [0.05, 0.1) is 18.8 Å². The van der Waals surface area contributed by atoms with Crippen LogP contribution in [0.2, 0.25) is 0 Å². The van der Waals surface area contributed by atoms with Crippen LogP contribution in [0.1, 0.15) is 36.6 Å². The number of rotatable bonds is 5. The van der Waals surface area contributed by atoms with Crippen LogP contribution in [0, 0.1) is 12.7 Å². The second-order valence-electron chi connectivity index (χ2n) is 7.45. The zero-order chi connectivity index (χ0) is 20.8. The summed E-state index contributed by atoms with van der Waals surface area (Å²) in [6.45, 7) is 8.86. The summed E-state index contributed by atoms with van der Waals surface area (Å²) in [5.74, 6) is 1.43. The summed E-state index contributed by atoms with van der Waals surface area (Å²) in [7, 11) is 1.73. The van der Waals surface area contributed by atoms with Gasteiger partial charge in [0.25, 0.3) is 0 Å². The molecule has 1 fully saturated rings. The van der Waals surface area contributed by atoms with Gasteiger partial charge in [-0.05, 0) is 55.7 Å². The Hall–Kier alpha value is -1.94. The molecule has 0 spiro atoms. The predicted molar refractivity (Wildman–Crippen MR) is 130 cm³/mol. The number of hydrogen-bond donors (Lipinski definition) is 2. The first kappa shape index (κ1) is 24.3. The highest BCUT2D eigenvalue weighted by Gasteiger charge is 2.18. The molecule has 0 bridgehead atoms. The third kappa shape index (κ3) is 6.53. The van der Waals surface area contributed by atoms with Crippen LogP contribution < -0.4 is 15.5 Å². The molecule has 164 valence electrons. The van der Waals surface area contributed by atoms with Gasteiger partial charge in [0.15, 0.2) is 5.96 Å². The van der Waals surface area contributed by atoms with Crippen LogP contribution in [-0.2, 0) is 11.3 Å². The molecule has 2 unspecified atom stereocenters. The summed E-state index contributed by atoms with van der Waals surface area (Å²) in [6.07, 6.45) is 2.05. The molecule has 0 amide bonds. The van der Waals surface area contributed by atoms with E-state index in [1.54, 1.807) is 26.1 Å². The number of pyridine rings is 1. The molecule has 1 aliphatic heterocycles. The van der Waals surface area contributed by atoms with E-state index < -0.39 is 0 Å². The molecule has 0 aliphatic carbocycles. The molecule has 1 aromatic heterocycles. The lowest BCUT2D eigenvalue weighted by molar-refractivity contribution is 0.0529. The van der Waals surface area contributed by atoms with Gasteiger partial charge in [0.2, 0.25) is 0 Å². The van der Waals surface area contributed by atoms with E-state index in [0.29, 0.717) is 18.1 Å². The van der Waals surface area contributed by atoms with Crippen molar-refractivity contribution in [1.29, 1.82) is 0 Å². The first-order chi connectivity index (χ1) is 14.0. The second-order valence-corrected chi connectivity index (χ2v) is 7.45. The third-order valence-electron chi connectivity index (χ3n) is 5.11. The van der Waals surface area contributed by atoms with Crippen molar-refractivity contribution in [3.05, 3.63) is 59.0 Å². The van der Waals surface area contributed by atoms with Gasteiger partial charge in [0, 0.05) is 32.9 Å². The maximum Gasteiger partial charge on any atom is 0.191 e. The maximum absolute atomic E-state index is 13.9. The monoisotopic (exact) mass is 527 g/mol. The van der Waals surface area contributed by atoms with Gasteiger partial charge >= 0.3 is 0 Å². The lowest BCUT2D eigenvalue weighted by Crippen LogP contribution is -2.41. The van der Waals surface area contributed by atoms with Crippen molar-refractivity contribution in [3.8, 4) is 0 Å². The minimum atomic E-state index is -0.194. The Morgan fingerprint density at radius 2 is 2.17 bits per heavy atom. The van der Waals surface area contributed by atoms with Gasteiger partial charge in [-0.1, -0.05) is 12.1 Å². The van der Waals surface area contributed by atoms with Crippen molar-refractivity contribution in [2.75, 3.05) is 31.6 Å². The number of aromatic nitrogens is 1. The number of aliphatic imine (C=N–C) groups is 1. The van der Waals surface area contributed by atoms with Crippen molar-refractivity contribution >= 4 is 35.8 Å². The molecule has 8 heteroatoms. The van der Waals surface area contributed by atoms with Crippen molar-refractivity contribution in [3.63, 3.8) is 0 Å². The first-order valence-corrected chi connectivity index (χ1v) is 10.0. The van der Waals surface area contributed by atoms with E-state index in [0.717, 1.165) is 36.6 Å². The summed E-state index contributed by atoms with van der Waals surface area (Å²) in [6, 6.07) is 9.31. The predicted octanol–water partition coefficient (Wildman–Crippen LogP) is 3.80. The molecule has 1 aliphatic rings.